The Kier molecular flexibility index (Phi) is 3.75. The van der Waals surface area contributed by atoms with E-state index in [0.29, 0.717) is 0 Å². The van der Waals surface area contributed by atoms with Crippen LogP contribution in [0.3, 0.4) is 0 Å². The molecule has 0 atom stereocenters. The maximum absolute atomic E-state index is 6.14. The lowest BCUT2D eigenvalue weighted by Gasteiger charge is -2.42. The van der Waals surface area contributed by atoms with E-state index < -0.39 is 0 Å². The average Bonchev–Trinajstić information content (AvgIpc) is 2.56. The summed E-state index contributed by atoms with van der Waals surface area (Å²) in [5.74, 6) is 0. The van der Waals surface area contributed by atoms with Gasteiger partial charge in [-0.25, -0.2) is 0 Å². The van der Waals surface area contributed by atoms with Gasteiger partial charge in [0.2, 0.25) is 0 Å². The first kappa shape index (κ1) is 13.2. The Balaban J connectivity index is 1.77. The summed E-state index contributed by atoms with van der Waals surface area (Å²) in [7, 11) is 0. The topological polar surface area (TPSA) is 29.3 Å². The van der Waals surface area contributed by atoms with Gasteiger partial charge in [0.1, 0.15) is 0 Å². The molecule has 0 bridgehead atoms. The molecule has 0 radical (unpaired) electrons. The quantitative estimate of drug-likeness (QED) is 0.924. The molecule has 0 amide bonds. The van der Waals surface area contributed by atoms with Crippen molar-refractivity contribution < 1.29 is 0 Å². The van der Waals surface area contributed by atoms with E-state index in [-0.39, 0.29) is 5.41 Å². The predicted octanol–water partition coefficient (Wildman–Crippen LogP) is 3.18. The van der Waals surface area contributed by atoms with Gasteiger partial charge in [-0.15, -0.1) is 0 Å². The Morgan fingerprint density at radius 3 is 1.95 bits per heavy atom. The van der Waals surface area contributed by atoms with Crippen molar-refractivity contribution in [1.82, 2.24) is 0 Å². The summed E-state index contributed by atoms with van der Waals surface area (Å²) in [4.78, 5) is 2.47. The molecule has 20 heavy (non-hydrogen) atoms. The number of nitrogens with two attached hydrogens (primary N) is 1. The van der Waals surface area contributed by atoms with Crippen LogP contribution >= 0.6 is 0 Å². The van der Waals surface area contributed by atoms with Gasteiger partial charge in [0.05, 0.1) is 0 Å². The maximum atomic E-state index is 6.14. The lowest BCUT2D eigenvalue weighted by molar-refractivity contribution is 0.340. The first-order chi connectivity index (χ1) is 9.84. The van der Waals surface area contributed by atoms with Crippen molar-refractivity contribution >= 4 is 5.69 Å². The lowest BCUT2D eigenvalue weighted by Crippen LogP contribution is -2.46. The number of hydrogen-bond donors (Lipinski definition) is 1. The summed E-state index contributed by atoms with van der Waals surface area (Å²) in [5.41, 5.74) is 9.02. The van der Waals surface area contributed by atoms with E-state index in [4.69, 9.17) is 5.73 Å². The Morgan fingerprint density at radius 1 is 0.850 bits per heavy atom. The van der Waals surface area contributed by atoms with Crippen molar-refractivity contribution in [3.05, 3.63) is 66.2 Å². The van der Waals surface area contributed by atoms with Crippen molar-refractivity contribution in [2.45, 2.75) is 18.3 Å². The van der Waals surface area contributed by atoms with E-state index >= 15 is 0 Å². The minimum absolute atomic E-state index is 0.159. The second-order valence-electron chi connectivity index (χ2n) is 5.67. The van der Waals surface area contributed by atoms with E-state index in [2.05, 4.69) is 65.6 Å². The molecule has 0 unspecified atom stereocenters. The molecule has 2 nitrogen and oxygen atoms in total. The molecule has 2 N–H and O–H groups in total. The van der Waals surface area contributed by atoms with Crippen molar-refractivity contribution in [2.75, 3.05) is 24.5 Å². The fraction of sp³-hybridized carbons (Fsp3) is 0.333. The van der Waals surface area contributed by atoms with Crippen LogP contribution in [-0.2, 0) is 5.41 Å². The minimum atomic E-state index is 0.159. The summed E-state index contributed by atoms with van der Waals surface area (Å²) in [6.07, 6.45) is 2.25. The number of rotatable bonds is 3. The minimum Gasteiger partial charge on any atom is -0.371 e. The van der Waals surface area contributed by atoms with Crippen LogP contribution in [0.25, 0.3) is 0 Å². The molecule has 2 aromatic carbocycles. The normalized spacial score (nSPS) is 17.9. The summed E-state index contributed by atoms with van der Waals surface area (Å²) in [6, 6.07) is 21.4. The van der Waals surface area contributed by atoms with Crippen molar-refractivity contribution in [1.29, 1.82) is 0 Å². The summed E-state index contributed by atoms with van der Waals surface area (Å²) in [6.45, 7) is 2.89. The molecule has 1 aliphatic rings. The molecule has 0 aliphatic carbocycles. The number of piperidine rings is 1. The third-order valence-electron chi connectivity index (χ3n) is 4.62. The van der Waals surface area contributed by atoms with Gasteiger partial charge >= 0.3 is 0 Å². The fourth-order valence-electron chi connectivity index (χ4n) is 3.23. The van der Waals surface area contributed by atoms with Crippen LogP contribution in [0.15, 0.2) is 60.7 Å². The molecule has 2 aromatic rings. The van der Waals surface area contributed by atoms with E-state index in [1.165, 1.54) is 11.3 Å². The van der Waals surface area contributed by atoms with Crippen LogP contribution in [0.5, 0.6) is 0 Å². The van der Waals surface area contributed by atoms with E-state index in [0.717, 1.165) is 32.5 Å². The third-order valence-corrected chi connectivity index (χ3v) is 4.62. The number of benzene rings is 2. The molecule has 104 valence electrons. The first-order valence-corrected chi connectivity index (χ1v) is 7.40. The smallest absolute Gasteiger partial charge is 0.0366 e. The van der Waals surface area contributed by atoms with Gasteiger partial charge < -0.3 is 10.6 Å². The number of anilines is 1. The van der Waals surface area contributed by atoms with Gasteiger partial charge in [-0.3, -0.25) is 0 Å². The van der Waals surface area contributed by atoms with Crippen molar-refractivity contribution in [3.63, 3.8) is 0 Å². The highest BCUT2D eigenvalue weighted by atomic mass is 15.1. The molecule has 3 rings (SSSR count). The van der Waals surface area contributed by atoms with Crippen LogP contribution in [0, 0.1) is 0 Å². The molecule has 0 spiro atoms. The average molecular weight is 266 g/mol. The molecular formula is C18H22N2. The summed E-state index contributed by atoms with van der Waals surface area (Å²) < 4.78 is 0. The standard InChI is InChI=1S/C18H22N2/c19-15-18(16-7-3-1-4-8-16)11-13-20(14-12-18)17-9-5-2-6-10-17/h1-10H,11-15,19H2. The third kappa shape index (κ3) is 2.44. The second-order valence-corrected chi connectivity index (χ2v) is 5.67. The van der Waals surface area contributed by atoms with Crippen molar-refractivity contribution in [3.8, 4) is 0 Å². The monoisotopic (exact) mass is 266 g/mol. The zero-order chi connectivity index (χ0) is 13.8. The SMILES string of the molecule is NCC1(c2ccccc2)CCN(c2ccccc2)CC1. The zero-order valence-electron chi connectivity index (χ0n) is 11.8. The molecule has 2 heteroatoms. The number of nitrogens with zero attached hydrogens (tertiary/aromatic N) is 1. The van der Waals surface area contributed by atoms with Gasteiger partial charge in [0.15, 0.2) is 0 Å². The Labute approximate surface area is 121 Å². The number of hydrogen-bond acceptors (Lipinski definition) is 2. The van der Waals surface area contributed by atoms with Gasteiger partial charge in [-0.1, -0.05) is 48.5 Å². The maximum Gasteiger partial charge on any atom is 0.0366 e. The Morgan fingerprint density at radius 2 is 1.40 bits per heavy atom. The lowest BCUT2D eigenvalue weighted by atomic mass is 9.73. The van der Waals surface area contributed by atoms with Crippen LogP contribution in [-0.4, -0.2) is 19.6 Å². The van der Waals surface area contributed by atoms with Gasteiger partial charge in [0.25, 0.3) is 0 Å². The molecule has 1 fully saturated rings. The van der Waals surface area contributed by atoms with Gasteiger partial charge in [-0.2, -0.15) is 0 Å². The zero-order valence-corrected chi connectivity index (χ0v) is 11.8. The van der Waals surface area contributed by atoms with Crippen LogP contribution in [0.2, 0.25) is 0 Å². The van der Waals surface area contributed by atoms with Crippen LogP contribution in [0.1, 0.15) is 18.4 Å². The van der Waals surface area contributed by atoms with E-state index in [1.807, 2.05) is 0 Å². The predicted molar refractivity (Wildman–Crippen MR) is 85.1 cm³/mol. The molecule has 0 saturated carbocycles. The van der Waals surface area contributed by atoms with E-state index in [9.17, 15) is 0 Å². The molecule has 0 aromatic heterocycles. The van der Waals surface area contributed by atoms with Gasteiger partial charge in [-0.05, 0) is 30.5 Å². The highest BCUT2D eigenvalue weighted by Crippen LogP contribution is 2.35. The first-order valence-electron chi connectivity index (χ1n) is 7.40. The molecule has 1 heterocycles. The summed E-state index contributed by atoms with van der Waals surface area (Å²) >= 11 is 0. The van der Waals surface area contributed by atoms with Crippen LogP contribution in [0.4, 0.5) is 5.69 Å². The van der Waals surface area contributed by atoms with Crippen molar-refractivity contribution in [2.24, 2.45) is 5.73 Å². The molecular weight excluding hydrogens is 244 g/mol. The molecule has 1 saturated heterocycles. The van der Waals surface area contributed by atoms with Crippen LogP contribution < -0.4 is 10.6 Å². The largest absolute Gasteiger partial charge is 0.371 e. The highest BCUT2D eigenvalue weighted by molar-refractivity contribution is 5.47. The number of para-hydroxylation sites is 1. The Hall–Kier alpha value is -1.80. The molecule has 1 aliphatic heterocycles. The van der Waals surface area contributed by atoms with Gasteiger partial charge in [0, 0.05) is 30.7 Å². The fourth-order valence-corrected chi connectivity index (χ4v) is 3.23. The highest BCUT2D eigenvalue weighted by Gasteiger charge is 2.34. The summed E-state index contributed by atoms with van der Waals surface area (Å²) in [5, 5.41) is 0. The second kappa shape index (κ2) is 5.68. The van der Waals surface area contributed by atoms with E-state index in [1.54, 1.807) is 0 Å². The Bertz CT molecular complexity index is 528.